The van der Waals surface area contributed by atoms with Crippen LogP contribution in [0.15, 0.2) is 24.4 Å². The quantitative estimate of drug-likeness (QED) is 0.630. The van der Waals surface area contributed by atoms with Crippen LogP contribution in [-0.4, -0.2) is 27.0 Å². The van der Waals surface area contributed by atoms with Gasteiger partial charge in [-0.3, -0.25) is 5.10 Å². The van der Waals surface area contributed by atoms with Crippen LogP contribution in [-0.2, 0) is 0 Å². The average molecular weight is 178 g/mol. The number of H-pyrrole nitrogens is 1. The van der Waals surface area contributed by atoms with E-state index in [0.29, 0.717) is 5.56 Å². The van der Waals surface area contributed by atoms with Crippen LogP contribution in [0.4, 0.5) is 0 Å². The van der Waals surface area contributed by atoms with Gasteiger partial charge in [0.05, 0.1) is 18.3 Å². The van der Waals surface area contributed by atoms with E-state index in [0.717, 1.165) is 10.9 Å². The predicted molar refractivity (Wildman–Crippen MR) is 48.1 cm³/mol. The minimum absolute atomic E-state index is 0.280. The first-order valence-corrected chi connectivity index (χ1v) is 4.04. The van der Waals surface area contributed by atoms with E-state index in [9.17, 15) is 5.11 Å². The van der Waals surface area contributed by atoms with Crippen molar-refractivity contribution >= 4 is 10.9 Å². The number of aromatic nitrogens is 2. The van der Waals surface area contributed by atoms with Gasteiger partial charge in [-0.25, -0.2) is 0 Å². The van der Waals surface area contributed by atoms with E-state index in [2.05, 4.69) is 10.2 Å². The standard InChI is InChI=1S/C9H10N2O2/c12-5-8(13)7-3-1-2-6-4-10-11-9(6)7/h1-4,8,12-13H,5H2,(H,10,11). The van der Waals surface area contributed by atoms with Crippen molar-refractivity contribution in [3.8, 4) is 0 Å². The largest absolute Gasteiger partial charge is 0.393 e. The maximum absolute atomic E-state index is 9.45. The molecular weight excluding hydrogens is 168 g/mol. The lowest BCUT2D eigenvalue weighted by atomic mass is 10.1. The van der Waals surface area contributed by atoms with Gasteiger partial charge < -0.3 is 10.2 Å². The fourth-order valence-electron chi connectivity index (χ4n) is 1.37. The van der Waals surface area contributed by atoms with Crippen molar-refractivity contribution in [2.75, 3.05) is 6.61 Å². The summed E-state index contributed by atoms with van der Waals surface area (Å²) in [6, 6.07) is 5.49. The molecule has 1 aromatic heterocycles. The molecule has 4 nitrogen and oxygen atoms in total. The highest BCUT2D eigenvalue weighted by Gasteiger charge is 2.10. The highest BCUT2D eigenvalue weighted by molar-refractivity contribution is 5.81. The molecule has 0 aliphatic rings. The Balaban J connectivity index is 2.60. The summed E-state index contributed by atoms with van der Waals surface area (Å²) in [6.07, 6.45) is 0.840. The lowest BCUT2D eigenvalue weighted by Crippen LogP contribution is -2.02. The monoisotopic (exact) mass is 178 g/mol. The van der Waals surface area contributed by atoms with Crippen molar-refractivity contribution in [1.82, 2.24) is 10.2 Å². The third-order valence-electron chi connectivity index (χ3n) is 2.04. The molecular formula is C9H10N2O2. The number of benzene rings is 1. The Morgan fingerprint density at radius 2 is 2.31 bits per heavy atom. The summed E-state index contributed by atoms with van der Waals surface area (Å²) in [4.78, 5) is 0. The fourth-order valence-corrected chi connectivity index (χ4v) is 1.37. The number of nitrogens with zero attached hydrogens (tertiary/aromatic N) is 1. The Hall–Kier alpha value is -1.39. The summed E-state index contributed by atoms with van der Waals surface area (Å²) in [6.45, 7) is -0.280. The SMILES string of the molecule is OCC(O)c1cccc2cn[nH]c12. The molecule has 1 heterocycles. The number of hydrogen-bond donors (Lipinski definition) is 3. The first-order chi connectivity index (χ1) is 6.33. The van der Waals surface area contributed by atoms with Gasteiger partial charge in [0.2, 0.25) is 0 Å². The number of para-hydroxylation sites is 1. The number of aromatic amines is 1. The summed E-state index contributed by atoms with van der Waals surface area (Å²) in [5, 5.41) is 25.8. The van der Waals surface area contributed by atoms with E-state index in [-0.39, 0.29) is 6.61 Å². The van der Waals surface area contributed by atoms with E-state index in [4.69, 9.17) is 5.11 Å². The summed E-state index contributed by atoms with van der Waals surface area (Å²) in [7, 11) is 0. The van der Waals surface area contributed by atoms with Gasteiger partial charge in [0.15, 0.2) is 0 Å². The maximum Gasteiger partial charge on any atom is 0.104 e. The van der Waals surface area contributed by atoms with Crippen LogP contribution in [0.5, 0.6) is 0 Å². The number of fused-ring (bicyclic) bond motifs is 1. The normalized spacial score (nSPS) is 13.4. The van der Waals surface area contributed by atoms with E-state index in [1.807, 2.05) is 12.1 Å². The molecule has 0 amide bonds. The number of rotatable bonds is 2. The van der Waals surface area contributed by atoms with Crippen molar-refractivity contribution in [3.63, 3.8) is 0 Å². The van der Waals surface area contributed by atoms with Crippen molar-refractivity contribution in [2.45, 2.75) is 6.10 Å². The summed E-state index contributed by atoms with van der Waals surface area (Å²) in [5.41, 5.74) is 1.46. The van der Waals surface area contributed by atoms with Crippen molar-refractivity contribution in [3.05, 3.63) is 30.0 Å². The minimum Gasteiger partial charge on any atom is -0.393 e. The molecule has 0 fully saturated rings. The smallest absolute Gasteiger partial charge is 0.104 e. The molecule has 0 bridgehead atoms. The molecule has 0 spiro atoms. The maximum atomic E-state index is 9.45. The van der Waals surface area contributed by atoms with E-state index in [1.54, 1.807) is 12.3 Å². The molecule has 0 aliphatic heterocycles. The lowest BCUT2D eigenvalue weighted by Gasteiger charge is -2.07. The molecule has 4 heteroatoms. The number of aliphatic hydroxyl groups excluding tert-OH is 2. The second-order valence-corrected chi connectivity index (χ2v) is 2.88. The lowest BCUT2D eigenvalue weighted by molar-refractivity contribution is 0.0966. The molecule has 2 aromatic rings. The Kier molecular flexibility index (Phi) is 2.00. The van der Waals surface area contributed by atoms with Crippen molar-refractivity contribution in [1.29, 1.82) is 0 Å². The van der Waals surface area contributed by atoms with Crippen molar-refractivity contribution < 1.29 is 10.2 Å². The molecule has 13 heavy (non-hydrogen) atoms. The van der Waals surface area contributed by atoms with Gasteiger partial charge in [-0.1, -0.05) is 18.2 Å². The van der Waals surface area contributed by atoms with Gasteiger partial charge in [0, 0.05) is 10.9 Å². The van der Waals surface area contributed by atoms with Gasteiger partial charge in [0.25, 0.3) is 0 Å². The number of nitrogens with one attached hydrogen (secondary N) is 1. The molecule has 1 aromatic carbocycles. The Labute approximate surface area is 74.8 Å². The zero-order chi connectivity index (χ0) is 9.26. The fraction of sp³-hybridized carbons (Fsp3) is 0.222. The summed E-state index contributed by atoms with van der Waals surface area (Å²) >= 11 is 0. The van der Waals surface area contributed by atoms with Crippen LogP contribution in [0.2, 0.25) is 0 Å². The van der Waals surface area contributed by atoms with E-state index in [1.165, 1.54) is 0 Å². The van der Waals surface area contributed by atoms with Crippen LogP contribution in [0.3, 0.4) is 0 Å². The molecule has 2 rings (SSSR count). The van der Waals surface area contributed by atoms with Gasteiger partial charge in [-0.15, -0.1) is 0 Å². The average Bonchev–Trinajstić information content (AvgIpc) is 2.63. The second-order valence-electron chi connectivity index (χ2n) is 2.88. The summed E-state index contributed by atoms with van der Waals surface area (Å²) < 4.78 is 0. The van der Waals surface area contributed by atoms with Crippen LogP contribution in [0.25, 0.3) is 10.9 Å². The molecule has 0 radical (unpaired) electrons. The van der Waals surface area contributed by atoms with Gasteiger partial charge in [0.1, 0.15) is 6.10 Å². The molecule has 1 unspecified atom stereocenters. The molecule has 0 saturated heterocycles. The van der Waals surface area contributed by atoms with Gasteiger partial charge in [-0.2, -0.15) is 5.10 Å². The third-order valence-corrected chi connectivity index (χ3v) is 2.04. The Bertz CT molecular complexity index is 411. The Morgan fingerprint density at radius 1 is 1.46 bits per heavy atom. The zero-order valence-corrected chi connectivity index (χ0v) is 6.94. The minimum atomic E-state index is -0.843. The molecule has 3 N–H and O–H groups in total. The first kappa shape index (κ1) is 8.22. The topological polar surface area (TPSA) is 69.1 Å². The van der Waals surface area contributed by atoms with E-state index >= 15 is 0 Å². The second kappa shape index (κ2) is 3.16. The van der Waals surface area contributed by atoms with Crippen molar-refractivity contribution in [2.24, 2.45) is 0 Å². The van der Waals surface area contributed by atoms with Gasteiger partial charge in [-0.05, 0) is 0 Å². The van der Waals surface area contributed by atoms with E-state index < -0.39 is 6.10 Å². The van der Waals surface area contributed by atoms with Crippen LogP contribution < -0.4 is 0 Å². The third kappa shape index (κ3) is 1.30. The Morgan fingerprint density at radius 3 is 3.08 bits per heavy atom. The highest BCUT2D eigenvalue weighted by atomic mass is 16.3. The first-order valence-electron chi connectivity index (χ1n) is 4.04. The van der Waals surface area contributed by atoms with Crippen LogP contribution in [0.1, 0.15) is 11.7 Å². The summed E-state index contributed by atoms with van der Waals surface area (Å²) in [5.74, 6) is 0. The molecule has 68 valence electrons. The number of hydrogen-bond acceptors (Lipinski definition) is 3. The van der Waals surface area contributed by atoms with Crippen LogP contribution in [0, 0.1) is 0 Å². The zero-order valence-electron chi connectivity index (χ0n) is 6.94. The predicted octanol–water partition coefficient (Wildman–Crippen LogP) is 0.589. The molecule has 0 aliphatic carbocycles. The molecule has 0 saturated carbocycles. The number of aliphatic hydroxyl groups is 2. The van der Waals surface area contributed by atoms with Crippen LogP contribution >= 0.6 is 0 Å². The van der Waals surface area contributed by atoms with Gasteiger partial charge >= 0.3 is 0 Å². The molecule has 1 atom stereocenters. The highest BCUT2D eigenvalue weighted by Crippen LogP contribution is 2.21.